The van der Waals surface area contributed by atoms with Crippen LogP contribution in [-0.4, -0.2) is 40.7 Å². The van der Waals surface area contributed by atoms with E-state index in [1.54, 1.807) is 0 Å². The zero-order valence-corrected chi connectivity index (χ0v) is 15.3. The molecule has 0 atom stereocenters. The van der Waals surface area contributed by atoms with Gasteiger partial charge >= 0.3 is 5.97 Å². The fourth-order valence-corrected chi connectivity index (χ4v) is 4.11. The first-order valence-electron chi connectivity index (χ1n) is 7.41. The molecule has 1 aliphatic rings. The Morgan fingerprint density at radius 3 is 2.38 bits per heavy atom. The molecule has 2 rings (SSSR count). The van der Waals surface area contributed by atoms with Crippen LogP contribution < -0.4 is 15.2 Å². The second-order valence-corrected chi connectivity index (χ2v) is 7.27. The van der Waals surface area contributed by atoms with Crippen molar-refractivity contribution in [2.45, 2.75) is 42.7 Å². The number of nitrogens with one attached hydrogen (secondary N) is 1. The molecule has 136 valence electrons. The molecule has 0 aliphatic heterocycles. The Labute approximate surface area is 148 Å². The Bertz CT molecular complexity index is 672. The third-order valence-electron chi connectivity index (χ3n) is 3.97. The van der Waals surface area contributed by atoms with E-state index in [1.165, 1.54) is 32.4 Å². The monoisotopic (exact) mass is 378 g/mol. The third-order valence-corrected chi connectivity index (χ3v) is 5.53. The first kappa shape index (κ1) is 20.7. The van der Waals surface area contributed by atoms with E-state index in [1.807, 2.05) is 0 Å². The minimum Gasteiger partial charge on any atom is -0.495 e. The number of carbonyl (C=O) groups is 1. The molecular weight excluding hydrogens is 356 g/mol. The molecule has 1 saturated carbocycles. The summed E-state index contributed by atoms with van der Waals surface area (Å²) in [4.78, 5) is 11.5. The van der Waals surface area contributed by atoms with Gasteiger partial charge in [0.05, 0.1) is 19.8 Å². The molecule has 0 unspecified atom stereocenters. The highest BCUT2D eigenvalue weighted by atomic mass is 35.5. The van der Waals surface area contributed by atoms with Crippen LogP contribution in [-0.2, 0) is 14.8 Å². The number of sulfonamides is 1. The molecule has 9 heteroatoms. The number of nitrogens with two attached hydrogens (primary N) is 1. The Morgan fingerprint density at radius 1 is 1.21 bits per heavy atom. The first-order chi connectivity index (χ1) is 10.9. The minimum atomic E-state index is -3.74. The van der Waals surface area contributed by atoms with Crippen molar-refractivity contribution in [1.29, 1.82) is 0 Å². The molecule has 1 aromatic rings. The summed E-state index contributed by atoms with van der Waals surface area (Å²) in [6.45, 7) is 0. The van der Waals surface area contributed by atoms with Gasteiger partial charge in [-0.3, -0.25) is 0 Å². The molecule has 1 fully saturated rings. The topological polar surface area (TPSA) is 108 Å². The third kappa shape index (κ3) is 4.83. The maximum atomic E-state index is 12.6. The molecule has 0 radical (unpaired) electrons. The van der Waals surface area contributed by atoms with Gasteiger partial charge in [0.25, 0.3) is 0 Å². The average Bonchev–Trinajstić information content (AvgIpc) is 2.55. The van der Waals surface area contributed by atoms with Gasteiger partial charge in [-0.2, -0.15) is 0 Å². The fourth-order valence-electron chi connectivity index (χ4n) is 2.65. The van der Waals surface area contributed by atoms with Crippen molar-refractivity contribution in [3.63, 3.8) is 0 Å². The van der Waals surface area contributed by atoms with E-state index >= 15 is 0 Å². The van der Waals surface area contributed by atoms with Crippen LogP contribution in [0.1, 0.15) is 36.0 Å². The molecule has 24 heavy (non-hydrogen) atoms. The standard InChI is InChI=1S/C15H22N2O5S.ClH/c1-21-13-9-10(15(18)22-2)3-8-14(13)23(19,20)17-12-6-4-11(16)5-7-12;/h3,8-9,11-12,17H,4-7,16H2,1-2H3;1H. The number of benzene rings is 1. The Morgan fingerprint density at radius 2 is 1.83 bits per heavy atom. The number of ether oxygens (including phenoxy) is 2. The molecule has 0 aromatic heterocycles. The molecular formula is C15H23ClN2O5S. The highest BCUT2D eigenvalue weighted by Crippen LogP contribution is 2.27. The van der Waals surface area contributed by atoms with Gasteiger partial charge in [-0.15, -0.1) is 12.4 Å². The van der Waals surface area contributed by atoms with E-state index in [4.69, 9.17) is 10.5 Å². The van der Waals surface area contributed by atoms with Gasteiger partial charge in [-0.25, -0.2) is 17.9 Å². The molecule has 0 amide bonds. The van der Waals surface area contributed by atoms with Gasteiger partial charge in [0.1, 0.15) is 10.6 Å². The van der Waals surface area contributed by atoms with E-state index in [0.717, 1.165) is 12.8 Å². The molecule has 0 saturated heterocycles. The number of esters is 1. The molecule has 1 aliphatic carbocycles. The quantitative estimate of drug-likeness (QED) is 0.751. The summed E-state index contributed by atoms with van der Waals surface area (Å²) in [5.41, 5.74) is 6.06. The lowest BCUT2D eigenvalue weighted by molar-refractivity contribution is 0.0600. The fraction of sp³-hybridized carbons (Fsp3) is 0.533. The normalized spacial score (nSPS) is 20.8. The zero-order valence-electron chi connectivity index (χ0n) is 13.7. The predicted octanol–water partition coefficient (Wildman–Crippen LogP) is 1.45. The summed E-state index contributed by atoms with van der Waals surface area (Å²) < 4.78 is 37.6. The Balaban J connectivity index is 0.00000288. The van der Waals surface area contributed by atoms with Crippen LogP contribution in [0.5, 0.6) is 5.75 Å². The van der Waals surface area contributed by atoms with Crippen LogP contribution in [0.3, 0.4) is 0 Å². The van der Waals surface area contributed by atoms with E-state index in [-0.39, 0.29) is 40.7 Å². The van der Waals surface area contributed by atoms with Gasteiger partial charge in [0, 0.05) is 12.1 Å². The highest BCUT2D eigenvalue weighted by Gasteiger charge is 2.27. The first-order valence-corrected chi connectivity index (χ1v) is 8.90. The van der Waals surface area contributed by atoms with Gasteiger partial charge in [-0.05, 0) is 43.9 Å². The van der Waals surface area contributed by atoms with Crippen molar-refractivity contribution in [2.24, 2.45) is 5.73 Å². The lowest BCUT2D eigenvalue weighted by Crippen LogP contribution is -2.40. The SMILES string of the molecule is COC(=O)c1ccc(S(=O)(=O)NC2CCC(N)CC2)c(OC)c1.Cl. The van der Waals surface area contributed by atoms with Gasteiger partial charge in [0.2, 0.25) is 10.0 Å². The maximum absolute atomic E-state index is 12.6. The van der Waals surface area contributed by atoms with Crippen molar-refractivity contribution in [1.82, 2.24) is 4.72 Å². The number of carbonyl (C=O) groups excluding carboxylic acids is 1. The lowest BCUT2D eigenvalue weighted by atomic mass is 9.93. The zero-order chi connectivity index (χ0) is 17.0. The summed E-state index contributed by atoms with van der Waals surface area (Å²) >= 11 is 0. The largest absolute Gasteiger partial charge is 0.495 e. The summed E-state index contributed by atoms with van der Waals surface area (Å²) in [7, 11) is -1.12. The molecule has 7 nitrogen and oxygen atoms in total. The molecule has 1 aromatic carbocycles. The van der Waals surface area contributed by atoms with Crippen LogP contribution in [0, 0.1) is 0 Å². The van der Waals surface area contributed by atoms with Crippen molar-refractivity contribution in [2.75, 3.05) is 14.2 Å². The second kappa shape index (κ2) is 8.66. The maximum Gasteiger partial charge on any atom is 0.337 e. The molecule has 3 N–H and O–H groups in total. The predicted molar refractivity (Wildman–Crippen MR) is 92.1 cm³/mol. The molecule has 0 spiro atoms. The Kier molecular flexibility index (Phi) is 7.47. The Hall–Kier alpha value is -1.35. The van der Waals surface area contributed by atoms with E-state index in [9.17, 15) is 13.2 Å². The van der Waals surface area contributed by atoms with Crippen LogP contribution in [0.15, 0.2) is 23.1 Å². The van der Waals surface area contributed by atoms with Gasteiger partial charge < -0.3 is 15.2 Å². The van der Waals surface area contributed by atoms with E-state index < -0.39 is 16.0 Å². The van der Waals surface area contributed by atoms with Crippen molar-refractivity contribution < 1.29 is 22.7 Å². The van der Waals surface area contributed by atoms with Crippen molar-refractivity contribution >= 4 is 28.4 Å². The highest BCUT2D eigenvalue weighted by molar-refractivity contribution is 7.89. The molecule has 0 bridgehead atoms. The lowest BCUT2D eigenvalue weighted by Gasteiger charge is -2.26. The molecule has 0 heterocycles. The second-order valence-electron chi connectivity index (χ2n) is 5.59. The number of hydrogen-bond acceptors (Lipinski definition) is 6. The number of rotatable bonds is 5. The summed E-state index contributed by atoms with van der Waals surface area (Å²) in [6, 6.07) is 4.12. The van der Waals surface area contributed by atoms with Crippen LogP contribution in [0.4, 0.5) is 0 Å². The van der Waals surface area contributed by atoms with Crippen LogP contribution in [0.2, 0.25) is 0 Å². The van der Waals surface area contributed by atoms with Crippen LogP contribution in [0.25, 0.3) is 0 Å². The van der Waals surface area contributed by atoms with Gasteiger partial charge in [0.15, 0.2) is 0 Å². The van der Waals surface area contributed by atoms with E-state index in [0.29, 0.717) is 12.8 Å². The number of halogens is 1. The number of hydrogen-bond donors (Lipinski definition) is 2. The smallest absolute Gasteiger partial charge is 0.337 e. The summed E-state index contributed by atoms with van der Waals surface area (Å²) in [6.07, 6.45) is 3.02. The average molecular weight is 379 g/mol. The van der Waals surface area contributed by atoms with E-state index in [2.05, 4.69) is 9.46 Å². The minimum absolute atomic E-state index is 0. The van der Waals surface area contributed by atoms with Crippen LogP contribution >= 0.6 is 12.4 Å². The summed E-state index contributed by atoms with van der Waals surface area (Å²) in [5.74, 6) is -0.450. The van der Waals surface area contributed by atoms with Gasteiger partial charge in [-0.1, -0.05) is 0 Å². The van der Waals surface area contributed by atoms with Crippen molar-refractivity contribution in [3.8, 4) is 5.75 Å². The summed E-state index contributed by atoms with van der Waals surface area (Å²) in [5, 5.41) is 0. The number of methoxy groups -OCH3 is 2. The van der Waals surface area contributed by atoms with Crippen molar-refractivity contribution in [3.05, 3.63) is 23.8 Å².